The van der Waals surface area contributed by atoms with Crippen molar-refractivity contribution in [2.24, 2.45) is 0 Å². The molecule has 1 aromatic carbocycles. The Morgan fingerprint density at radius 2 is 1.88 bits per heavy atom. The van der Waals surface area contributed by atoms with Crippen LogP contribution in [0, 0.1) is 20.8 Å². The molecule has 0 spiro atoms. The number of anilines is 1. The van der Waals surface area contributed by atoms with E-state index in [0.717, 1.165) is 32.6 Å². The van der Waals surface area contributed by atoms with E-state index in [-0.39, 0.29) is 5.91 Å². The molecule has 0 aromatic heterocycles. The highest BCUT2D eigenvalue weighted by atomic mass is 79.9. The van der Waals surface area contributed by atoms with Crippen LogP contribution < -0.4 is 10.1 Å². The summed E-state index contributed by atoms with van der Waals surface area (Å²) in [4.78, 5) is 11.5. The Balaban J connectivity index is 2.68. The standard InChI is InChI=1S/C12H14BrNO2/c1-6-7(2)11-12(8(3)10(6)13)16-5-4-9(15)14-11/h4-5H2,1-3H3,(H,14,15). The highest BCUT2D eigenvalue weighted by molar-refractivity contribution is 9.10. The molecule has 16 heavy (non-hydrogen) atoms. The van der Waals surface area contributed by atoms with Crippen molar-refractivity contribution in [2.75, 3.05) is 11.9 Å². The van der Waals surface area contributed by atoms with E-state index in [0.29, 0.717) is 13.0 Å². The van der Waals surface area contributed by atoms with Gasteiger partial charge >= 0.3 is 0 Å². The van der Waals surface area contributed by atoms with Crippen LogP contribution in [0.25, 0.3) is 0 Å². The Labute approximate surface area is 103 Å². The molecule has 4 heteroatoms. The molecule has 1 aliphatic rings. The van der Waals surface area contributed by atoms with Crippen molar-refractivity contribution in [1.29, 1.82) is 0 Å². The van der Waals surface area contributed by atoms with E-state index in [4.69, 9.17) is 4.74 Å². The number of rotatable bonds is 0. The zero-order valence-electron chi connectivity index (χ0n) is 9.61. The van der Waals surface area contributed by atoms with Gasteiger partial charge in [-0.05, 0) is 31.9 Å². The number of carbonyl (C=O) groups is 1. The van der Waals surface area contributed by atoms with Crippen LogP contribution >= 0.6 is 15.9 Å². The van der Waals surface area contributed by atoms with Gasteiger partial charge in [-0.3, -0.25) is 4.79 Å². The Morgan fingerprint density at radius 1 is 1.19 bits per heavy atom. The molecule has 0 aliphatic carbocycles. The van der Waals surface area contributed by atoms with Crippen molar-refractivity contribution >= 4 is 27.5 Å². The summed E-state index contributed by atoms with van der Waals surface area (Å²) >= 11 is 3.56. The maximum Gasteiger partial charge on any atom is 0.227 e. The van der Waals surface area contributed by atoms with Crippen molar-refractivity contribution in [2.45, 2.75) is 27.2 Å². The monoisotopic (exact) mass is 283 g/mol. The molecule has 2 rings (SSSR count). The first-order chi connectivity index (χ1) is 7.52. The highest BCUT2D eigenvalue weighted by Crippen LogP contribution is 2.40. The summed E-state index contributed by atoms with van der Waals surface area (Å²) in [7, 11) is 0. The van der Waals surface area contributed by atoms with E-state index in [1.807, 2.05) is 20.8 Å². The van der Waals surface area contributed by atoms with Crippen molar-refractivity contribution in [1.82, 2.24) is 0 Å². The molecule has 0 fully saturated rings. The van der Waals surface area contributed by atoms with Crippen LogP contribution in [0.2, 0.25) is 0 Å². The second kappa shape index (κ2) is 4.09. The summed E-state index contributed by atoms with van der Waals surface area (Å²) in [6.07, 6.45) is 0.407. The number of nitrogens with one attached hydrogen (secondary N) is 1. The number of hydrogen-bond acceptors (Lipinski definition) is 2. The van der Waals surface area contributed by atoms with Gasteiger partial charge in [0, 0.05) is 10.0 Å². The molecule has 1 aromatic rings. The zero-order chi connectivity index (χ0) is 11.9. The van der Waals surface area contributed by atoms with Gasteiger partial charge in [0.1, 0.15) is 5.75 Å². The second-order valence-corrected chi connectivity index (χ2v) is 4.83. The van der Waals surface area contributed by atoms with Gasteiger partial charge in [-0.15, -0.1) is 0 Å². The van der Waals surface area contributed by atoms with E-state index in [2.05, 4.69) is 21.2 Å². The first-order valence-electron chi connectivity index (χ1n) is 5.24. The van der Waals surface area contributed by atoms with Gasteiger partial charge in [-0.25, -0.2) is 0 Å². The molecule has 1 aliphatic heterocycles. The van der Waals surface area contributed by atoms with Gasteiger partial charge in [0.05, 0.1) is 18.7 Å². The molecule has 1 heterocycles. The molecule has 86 valence electrons. The largest absolute Gasteiger partial charge is 0.491 e. The van der Waals surface area contributed by atoms with Gasteiger partial charge in [0.2, 0.25) is 5.91 Å². The van der Waals surface area contributed by atoms with Crippen molar-refractivity contribution in [3.63, 3.8) is 0 Å². The molecular formula is C12H14BrNO2. The van der Waals surface area contributed by atoms with Crippen LogP contribution in [-0.4, -0.2) is 12.5 Å². The fraction of sp³-hybridized carbons (Fsp3) is 0.417. The van der Waals surface area contributed by atoms with Gasteiger partial charge in [-0.1, -0.05) is 15.9 Å². The molecule has 0 unspecified atom stereocenters. The molecular weight excluding hydrogens is 270 g/mol. The second-order valence-electron chi connectivity index (χ2n) is 4.04. The lowest BCUT2D eigenvalue weighted by atomic mass is 10.0. The van der Waals surface area contributed by atoms with Gasteiger partial charge < -0.3 is 10.1 Å². The summed E-state index contributed by atoms with van der Waals surface area (Å²) < 4.78 is 6.71. The zero-order valence-corrected chi connectivity index (χ0v) is 11.2. The van der Waals surface area contributed by atoms with Crippen LogP contribution in [0.1, 0.15) is 23.1 Å². The van der Waals surface area contributed by atoms with Crippen LogP contribution in [-0.2, 0) is 4.79 Å². The van der Waals surface area contributed by atoms with E-state index in [1.54, 1.807) is 0 Å². The van der Waals surface area contributed by atoms with Crippen molar-refractivity contribution in [3.05, 3.63) is 21.2 Å². The van der Waals surface area contributed by atoms with E-state index < -0.39 is 0 Å². The third kappa shape index (κ3) is 1.71. The first kappa shape index (κ1) is 11.5. The molecule has 1 amide bonds. The van der Waals surface area contributed by atoms with E-state index in [9.17, 15) is 4.79 Å². The molecule has 0 bridgehead atoms. The molecule has 0 radical (unpaired) electrons. The number of ether oxygens (including phenoxy) is 1. The Morgan fingerprint density at radius 3 is 2.56 bits per heavy atom. The predicted molar refractivity (Wildman–Crippen MR) is 67.1 cm³/mol. The molecule has 0 atom stereocenters. The molecule has 0 saturated carbocycles. The van der Waals surface area contributed by atoms with Crippen LogP contribution in [0.5, 0.6) is 5.75 Å². The fourth-order valence-corrected chi connectivity index (χ4v) is 2.35. The number of fused-ring (bicyclic) bond motifs is 1. The number of benzene rings is 1. The van der Waals surface area contributed by atoms with Crippen molar-refractivity contribution < 1.29 is 9.53 Å². The number of amides is 1. The smallest absolute Gasteiger partial charge is 0.227 e. The van der Waals surface area contributed by atoms with Crippen LogP contribution in [0.3, 0.4) is 0 Å². The maximum absolute atomic E-state index is 11.5. The number of halogens is 1. The minimum Gasteiger partial charge on any atom is -0.491 e. The molecule has 3 nitrogen and oxygen atoms in total. The summed E-state index contributed by atoms with van der Waals surface area (Å²) in [5, 5.41) is 2.91. The third-order valence-electron chi connectivity index (χ3n) is 3.00. The normalized spacial score (nSPS) is 14.9. The van der Waals surface area contributed by atoms with Gasteiger partial charge in [-0.2, -0.15) is 0 Å². The van der Waals surface area contributed by atoms with Crippen LogP contribution in [0.15, 0.2) is 4.47 Å². The fourth-order valence-electron chi connectivity index (χ4n) is 1.87. The molecule has 0 saturated heterocycles. The maximum atomic E-state index is 11.5. The number of carbonyl (C=O) groups excluding carboxylic acids is 1. The third-order valence-corrected chi connectivity index (χ3v) is 4.19. The lowest BCUT2D eigenvalue weighted by Gasteiger charge is -2.17. The number of hydrogen-bond donors (Lipinski definition) is 1. The summed E-state index contributed by atoms with van der Waals surface area (Å²) in [6, 6.07) is 0. The lowest BCUT2D eigenvalue weighted by Crippen LogP contribution is -2.11. The average Bonchev–Trinajstić information content (AvgIpc) is 2.45. The van der Waals surface area contributed by atoms with Crippen LogP contribution in [0.4, 0.5) is 5.69 Å². The first-order valence-corrected chi connectivity index (χ1v) is 6.03. The summed E-state index contributed by atoms with van der Waals surface area (Å²) in [6.45, 7) is 6.46. The summed E-state index contributed by atoms with van der Waals surface area (Å²) in [5.74, 6) is 0.809. The molecule has 1 N–H and O–H groups in total. The van der Waals surface area contributed by atoms with Gasteiger partial charge in [0.25, 0.3) is 0 Å². The topological polar surface area (TPSA) is 38.3 Å². The van der Waals surface area contributed by atoms with Gasteiger partial charge in [0.15, 0.2) is 0 Å². The minimum absolute atomic E-state index is 0.0166. The highest BCUT2D eigenvalue weighted by Gasteiger charge is 2.21. The summed E-state index contributed by atoms with van der Waals surface area (Å²) in [5.41, 5.74) is 4.06. The predicted octanol–water partition coefficient (Wildman–Crippen LogP) is 3.10. The lowest BCUT2D eigenvalue weighted by molar-refractivity contribution is -0.116. The van der Waals surface area contributed by atoms with E-state index >= 15 is 0 Å². The minimum atomic E-state index is 0.0166. The Kier molecular flexibility index (Phi) is 2.93. The SMILES string of the molecule is Cc1c(C)c2c(c(C)c1Br)OCCC(=O)N2. The Bertz CT molecular complexity index is 469. The quantitative estimate of drug-likeness (QED) is 0.795. The van der Waals surface area contributed by atoms with Crippen molar-refractivity contribution in [3.8, 4) is 5.75 Å². The Hall–Kier alpha value is -1.03. The van der Waals surface area contributed by atoms with E-state index in [1.165, 1.54) is 0 Å². The average molecular weight is 284 g/mol.